The van der Waals surface area contributed by atoms with Crippen molar-refractivity contribution in [2.24, 2.45) is 5.73 Å². The maximum absolute atomic E-state index is 11.6. The van der Waals surface area contributed by atoms with Crippen LogP contribution < -0.4 is 11.1 Å². The molecule has 1 amide bonds. The van der Waals surface area contributed by atoms with Crippen LogP contribution in [0.5, 0.6) is 0 Å². The standard InChI is InChI=1S/C15H33N3O/c1-5-7-8-12-18(4)13-9-10-15(3,14(16)19)17-11-6-2/h17H,5-13H2,1-4H3,(H2,16,19). The zero-order valence-electron chi connectivity index (χ0n) is 13.3. The molecular weight excluding hydrogens is 238 g/mol. The van der Waals surface area contributed by atoms with Gasteiger partial charge in [0, 0.05) is 0 Å². The Morgan fingerprint density at radius 1 is 1.16 bits per heavy atom. The molecule has 0 spiro atoms. The van der Waals surface area contributed by atoms with Crippen molar-refractivity contribution in [3.63, 3.8) is 0 Å². The summed E-state index contributed by atoms with van der Waals surface area (Å²) >= 11 is 0. The average molecular weight is 271 g/mol. The lowest BCUT2D eigenvalue weighted by atomic mass is 9.94. The number of nitrogens with one attached hydrogen (secondary N) is 1. The van der Waals surface area contributed by atoms with Gasteiger partial charge in [-0.15, -0.1) is 0 Å². The third-order valence-electron chi connectivity index (χ3n) is 3.67. The van der Waals surface area contributed by atoms with Crippen LogP contribution in [0.15, 0.2) is 0 Å². The van der Waals surface area contributed by atoms with Gasteiger partial charge >= 0.3 is 0 Å². The summed E-state index contributed by atoms with van der Waals surface area (Å²) in [6.07, 6.45) is 6.63. The topological polar surface area (TPSA) is 58.4 Å². The molecule has 0 fully saturated rings. The molecule has 0 aliphatic rings. The van der Waals surface area contributed by atoms with Gasteiger partial charge in [-0.25, -0.2) is 0 Å². The summed E-state index contributed by atoms with van der Waals surface area (Å²) in [5.74, 6) is -0.241. The van der Waals surface area contributed by atoms with E-state index in [1.807, 2.05) is 6.92 Å². The normalized spacial score (nSPS) is 14.6. The Morgan fingerprint density at radius 3 is 2.32 bits per heavy atom. The molecule has 4 nitrogen and oxygen atoms in total. The summed E-state index contributed by atoms with van der Waals surface area (Å²) in [7, 11) is 2.15. The second-order valence-corrected chi connectivity index (χ2v) is 5.74. The van der Waals surface area contributed by atoms with E-state index in [1.54, 1.807) is 0 Å². The monoisotopic (exact) mass is 271 g/mol. The van der Waals surface area contributed by atoms with Crippen LogP contribution in [0.2, 0.25) is 0 Å². The fraction of sp³-hybridized carbons (Fsp3) is 0.933. The second kappa shape index (κ2) is 10.2. The Labute approximate surface area is 119 Å². The number of nitrogens with two attached hydrogens (primary N) is 1. The number of hydrogen-bond donors (Lipinski definition) is 2. The highest BCUT2D eigenvalue weighted by Crippen LogP contribution is 2.12. The van der Waals surface area contributed by atoms with Gasteiger partial charge in [0.2, 0.25) is 5.91 Å². The summed E-state index contributed by atoms with van der Waals surface area (Å²) in [4.78, 5) is 13.9. The minimum atomic E-state index is -0.555. The number of nitrogens with zero attached hydrogens (tertiary/aromatic N) is 1. The molecule has 4 heteroatoms. The molecule has 0 aromatic heterocycles. The fourth-order valence-electron chi connectivity index (χ4n) is 2.15. The number of hydrogen-bond acceptors (Lipinski definition) is 3. The zero-order chi connectivity index (χ0) is 14.7. The average Bonchev–Trinajstić information content (AvgIpc) is 2.36. The molecule has 0 radical (unpaired) electrons. The molecule has 1 atom stereocenters. The molecule has 0 rings (SSSR count). The van der Waals surface area contributed by atoms with Gasteiger partial charge in [0.1, 0.15) is 0 Å². The van der Waals surface area contributed by atoms with E-state index in [0.29, 0.717) is 0 Å². The summed E-state index contributed by atoms with van der Waals surface area (Å²) < 4.78 is 0. The summed E-state index contributed by atoms with van der Waals surface area (Å²) in [5, 5.41) is 3.28. The largest absolute Gasteiger partial charge is 0.368 e. The van der Waals surface area contributed by atoms with Gasteiger partial charge in [0.05, 0.1) is 5.54 Å². The van der Waals surface area contributed by atoms with Crippen molar-refractivity contribution in [3.05, 3.63) is 0 Å². The summed E-state index contributed by atoms with van der Waals surface area (Å²) in [5.41, 5.74) is 4.96. The SMILES string of the molecule is CCCCCN(C)CCCC(C)(NCCC)C(N)=O. The number of amides is 1. The second-order valence-electron chi connectivity index (χ2n) is 5.74. The Balaban J connectivity index is 3.95. The van der Waals surface area contributed by atoms with Crippen LogP contribution in [0.25, 0.3) is 0 Å². The first-order valence-corrected chi connectivity index (χ1v) is 7.69. The molecule has 19 heavy (non-hydrogen) atoms. The Bertz CT molecular complexity index is 246. The van der Waals surface area contributed by atoms with Crippen molar-refractivity contribution in [2.45, 2.75) is 64.8 Å². The molecule has 3 N–H and O–H groups in total. The summed E-state index contributed by atoms with van der Waals surface area (Å²) in [6, 6.07) is 0. The quantitative estimate of drug-likeness (QED) is 0.535. The van der Waals surface area contributed by atoms with Crippen LogP contribution in [-0.2, 0) is 4.79 Å². The molecule has 0 bridgehead atoms. The first-order valence-electron chi connectivity index (χ1n) is 7.69. The van der Waals surface area contributed by atoms with Crippen molar-refractivity contribution >= 4 is 5.91 Å². The third-order valence-corrected chi connectivity index (χ3v) is 3.67. The molecular formula is C15H33N3O. The maximum atomic E-state index is 11.6. The van der Waals surface area contributed by atoms with Crippen LogP contribution in [-0.4, -0.2) is 43.0 Å². The predicted molar refractivity (Wildman–Crippen MR) is 82.1 cm³/mol. The van der Waals surface area contributed by atoms with Crippen molar-refractivity contribution in [1.82, 2.24) is 10.2 Å². The molecule has 0 aromatic carbocycles. The molecule has 0 heterocycles. The Morgan fingerprint density at radius 2 is 1.79 bits per heavy atom. The van der Waals surface area contributed by atoms with Gasteiger partial charge in [-0.2, -0.15) is 0 Å². The number of carbonyl (C=O) groups excluding carboxylic acids is 1. The van der Waals surface area contributed by atoms with Gasteiger partial charge in [-0.05, 0) is 59.3 Å². The predicted octanol–water partition coefficient (Wildman–Crippen LogP) is 2.13. The van der Waals surface area contributed by atoms with Gasteiger partial charge in [0.15, 0.2) is 0 Å². The number of primary amides is 1. The van der Waals surface area contributed by atoms with Crippen LogP contribution in [0, 0.1) is 0 Å². The van der Waals surface area contributed by atoms with Crippen molar-refractivity contribution in [3.8, 4) is 0 Å². The lowest BCUT2D eigenvalue weighted by molar-refractivity contribution is -0.124. The van der Waals surface area contributed by atoms with Gasteiger partial charge in [0.25, 0.3) is 0 Å². The van der Waals surface area contributed by atoms with E-state index in [0.717, 1.165) is 38.9 Å². The molecule has 0 saturated carbocycles. The van der Waals surface area contributed by atoms with Crippen LogP contribution in [0.1, 0.15) is 59.3 Å². The number of unbranched alkanes of at least 4 members (excludes halogenated alkanes) is 2. The molecule has 0 saturated heterocycles. The van der Waals surface area contributed by atoms with Crippen LogP contribution in [0.4, 0.5) is 0 Å². The van der Waals surface area contributed by atoms with E-state index in [9.17, 15) is 4.79 Å². The van der Waals surface area contributed by atoms with E-state index in [-0.39, 0.29) is 5.91 Å². The van der Waals surface area contributed by atoms with Crippen molar-refractivity contribution in [2.75, 3.05) is 26.7 Å². The lowest BCUT2D eigenvalue weighted by Gasteiger charge is -2.28. The van der Waals surface area contributed by atoms with E-state index < -0.39 is 5.54 Å². The first kappa shape index (κ1) is 18.4. The smallest absolute Gasteiger partial charge is 0.237 e. The molecule has 0 aliphatic heterocycles. The molecule has 0 aliphatic carbocycles. The van der Waals surface area contributed by atoms with E-state index in [1.165, 1.54) is 19.3 Å². The highest BCUT2D eigenvalue weighted by Gasteiger charge is 2.29. The number of rotatable bonds is 12. The summed E-state index contributed by atoms with van der Waals surface area (Å²) in [6.45, 7) is 9.24. The van der Waals surface area contributed by atoms with E-state index >= 15 is 0 Å². The first-order chi connectivity index (χ1) is 8.96. The minimum absolute atomic E-state index is 0.241. The molecule has 114 valence electrons. The zero-order valence-corrected chi connectivity index (χ0v) is 13.3. The van der Waals surface area contributed by atoms with Crippen molar-refractivity contribution < 1.29 is 4.79 Å². The van der Waals surface area contributed by atoms with Gasteiger partial charge in [-0.3, -0.25) is 4.79 Å². The Hall–Kier alpha value is -0.610. The lowest BCUT2D eigenvalue weighted by Crippen LogP contribution is -2.53. The van der Waals surface area contributed by atoms with E-state index in [2.05, 4.69) is 31.1 Å². The number of carbonyl (C=O) groups is 1. The third kappa shape index (κ3) is 8.22. The van der Waals surface area contributed by atoms with Crippen molar-refractivity contribution in [1.29, 1.82) is 0 Å². The van der Waals surface area contributed by atoms with Crippen LogP contribution >= 0.6 is 0 Å². The van der Waals surface area contributed by atoms with Crippen LogP contribution in [0.3, 0.4) is 0 Å². The maximum Gasteiger partial charge on any atom is 0.237 e. The van der Waals surface area contributed by atoms with Gasteiger partial charge in [-0.1, -0.05) is 26.7 Å². The van der Waals surface area contributed by atoms with E-state index in [4.69, 9.17) is 5.73 Å². The molecule has 1 unspecified atom stereocenters. The Kier molecular flexibility index (Phi) is 9.88. The highest BCUT2D eigenvalue weighted by atomic mass is 16.1. The van der Waals surface area contributed by atoms with Gasteiger partial charge < -0.3 is 16.0 Å². The molecule has 0 aromatic rings. The fourth-order valence-corrected chi connectivity index (χ4v) is 2.15. The highest BCUT2D eigenvalue weighted by molar-refractivity contribution is 5.84. The minimum Gasteiger partial charge on any atom is -0.368 e.